The minimum Gasteiger partial charge on any atom is -0.444 e. The summed E-state index contributed by atoms with van der Waals surface area (Å²) >= 11 is 6.48. The first-order chi connectivity index (χ1) is 13.6. The second kappa shape index (κ2) is 7.57. The van der Waals surface area contributed by atoms with E-state index < -0.39 is 11.7 Å². The second-order valence-corrected chi connectivity index (χ2v) is 7.92. The molecule has 0 bridgehead atoms. The molecule has 0 spiro atoms. The molecule has 0 aliphatic heterocycles. The van der Waals surface area contributed by atoms with Crippen molar-refractivity contribution >= 4 is 40.0 Å². The van der Waals surface area contributed by atoms with Gasteiger partial charge in [0.1, 0.15) is 17.5 Å². The lowest BCUT2D eigenvalue weighted by Gasteiger charge is -2.20. The van der Waals surface area contributed by atoms with E-state index in [1.165, 1.54) is 6.20 Å². The zero-order valence-corrected chi connectivity index (χ0v) is 17.3. The fraction of sp³-hybridized carbons (Fsp3) is 0.238. The molecule has 0 aliphatic carbocycles. The molecule has 0 aliphatic rings. The van der Waals surface area contributed by atoms with E-state index in [0.29, 0.717) is 33.6 Å². The van der Waals surface area contributed by atoms with Crippen LogP contribution in [0.1, 0.15) is 31.9 Å². The molecular formula is C21H20ClN5O2. The van der Waals surface area contributed by atoms with E-state index in [-0.39, 0.29) is 5.02 Å². The first-order valence-electron chi connectivity index (χ1n) is 8.83. The normalized spacial score (nSPS) is 11.2. The smallest absolute Gasteiger partial charge is 0.412 e. The van der Waals surface area contributed by atoms with Gasteiger partial charge in [-0.25, -0.2) is 9.78 Å². The predicted molar refractivity (Wildman–Crippen MR) is 114 cm³/mol. The standard InChI is InChI=1S/C21H20ClN5O2/c1-11-15(8-25-10-17(11)27-20(28)29-21(2,3)4)13-5-12-6-18(24)26-9-16(12)19(22)14(13)7-23/h5-6,8-10H,1-4H3,(H2,24,26)(H,27,28). The lowest BCUT2D eigenvalue weighted by molar-refractivity contribution is 0.0635. The van der Waals surface area contributed by atoms with Gasteiger partial charge in [-0.15, -0.1) is 0 Å². The minimum atomic E-state index is -0.628. The number of nitrogens with zero attached hydrogens (tertiary/aromatic N) is 3. The van der Waals surface area contributed by atoms with Crippen molar-refractivity contribution in [3.8, 4) is 17.2 Å². The minimum absolute atomic E-state index is 0.289. The van der Waals surface area contributed by atoms with Crippen molar-refractivity contribution in [2.45, 2.75) is 33.3 Å². The highest BCUT2D eigenvalue weighted by Gasteiger charge is 2.20. The number of carbonyl (C=O) groups excluding carboxylic acids is 1. The molecule has 2 heterocycles. The third-order valence-electron chi connectivity index (χ3n) is 4.24. The Morgan fingerprint density at radius 1 is 1.24 bits per heavy atom. The molecule has 0 radical (unpaired) electrons. The maximum atomic E-state index is 12.2. The van der Waals surface area contributed by atoms with E-state index in [2.05, 4.69) is 21.4 Å². The Morgan fingerprint density at radius 3 is 2.62 bits per heavy atom. The number of aromatic nitrogens is 2. The van der Waals surface area contributed by atoms with Crippen LogP contribution in [-0.4, -0.2) is 21.7 Å². The number of nitrogens with two attached hydrogens (primary N) is 1. The predicted octanol–water partition coefficient (Wildman–Crippen LogP) is 5.06. The van der Waals surface area contributed by atoms with Crippen molar-refractivity contribution in [2.24, 2.45) is 0 Å². The molecule has 29 heavy (non-hydrogen) atoms. The van der Waals surface area contributed by atoms with Gasteiger partial charge in [-0.05, 0) is 50.8 Å². The maximum Gasteiger partial charge on any atom is 0.412 e. The van der Waals surface area contributed by atoms with E-state index >= 15 is 0 Å². The fourth-order valence-electron chi connectivity index (χ4n) is 2.93. The zero-order valence-electron chi connectivity index (χ0n) is 16.5. The largest absolute Gasteiger partial charge is 0.444 e. The number of anilines is 2. The number of benzene rings is 1. The summed E-state index contributed by atoms with van der Waals surface area (Å²) in [6.07, 6.45) is 4.11. The van der Waals surface area contributed by atoms with Gasteiger partial charge in [-0.2, -0.15) is 5.26 Å². The number of nitrogen functional groups attached to an aromatic ring is 1. The van der Waals surface area contributed by atoms with Crippen LogP contribution in [0.3, 0.4) is 0 Å². The third-order valence-corrected chi connectivity index (χ3v) is 4.63. The topological polar surface area (TPSA) is 114 Å². The highest BCUT2D eigenvalue weighted by Crippen LogP contribution is 2.38. The van der Waals surface area contributed by atoms with Gasteiger partial charge in [-0.1, -0.05) is 11.6 Å². The highest BCUT2D eigenvalue weighted by atomic mass is 35.5. The Hall–Kier alpha value is -3.37. The van der Waals surface area contributed by atoms with Crippen molar-refractivity contribution in [3.05, 3.63) is 46.9 Å². The molecule has 0 saturated carbocycles. The Kier molecular flexibility index (Phi) is 5.31. The number of carbonyl (C=O) groups is 1. The molecule has 3 rings (SSSR count). The molecule has 0 saturated heterocycles. The van der Waals surface area contributed by atoms with Crippen molar-refractivity contribution in [1.82, 2.24) is 9.97 Å². The van der Waals surface area contributed by atoms with Crippen LogP contribution < -0.4 is 11.1 Å². The van der Waals surface area contributed by atoms with Gasteiger partial charge in [-0.3, -0.25) is 10.3 Å². The van der Waals surface area contributed by atoms with E-state index in [9.17, 15) is 10.1 Å². The van der Waals surface area contributed by atoms with E-state index in [4.69, 9.17) is 22.1 Å². The van der Waals surface area contributed by atoms with E-state index in [1.807, 2.05) is 13.0 Å². The molecule has 7 nitrogen and oxygen atoms in total. The number of ether oxygens (including phenoxy) is 1. The molecule has 3 aromatic rings. The molecule has 0 atom stereocenters. The summed E-state index contributed by atoms with van der Waals surface area (Å²) in [6, 6.07) is 5.67. The number of hydrogen-bond donors (Lipinski definition) is 2. The van der Waals surface area contributed by atoms with Gasteiger partial charge in [0.25, 0.3) is 0 Å². The van der Waals surface area contributed by atoms with Crippen LogP contribution in [0, 0.1) is 18.3 Å². The Bertz CT molecular complexity index is 1160. The SMILES string of the molecule is Cc1c(NC(=O)OC(C)(C)C)cncc1-c1cc2cc(N)ncc2c(Cl)c1C#N. The second-order valence-electron chi connectivity index (χ2n) is 7.54. The molecular weight excluding hydrogens is 390 g/mol. The molecule has 8 heteroatoms. The fourth-order valence-corrected chi connectivity index (χ4v) is 3.23. The summed E-state index contributed by atoms with van der Waals surface area (Å²) in [5, 5.41) is 14.1. The molecule has 2 aromatic heterocycles. The van der Waals surface area contributed by atoms with Gasteiger partial charge >= 0.3 is 6.09 Å². The first-order valence-corrected chi connectivity index (χ1v) is 9.21. The Morgan fingerprint density at radius 2 is 1.97 bits per heavy atom. The number of rotatable bonds is 2. The summed E-state index contributed by atoms with van der Waals surface area (Å²) in [5.74, 6) is 0.347. The van der Waals surface area contributed by atoms with Crippen LogP contribution in [0.15, 0.2) is 30.7 Å². The van der Waals surface area contributed by atoms with Gasteiger partial charge in [0.2, 0.25) is 0 Å². The third kappa shape index (κ3) is 4.23. The van der Waals surface area contributed by atoms with Gasteiger partial charge in [0.15, 0.2) is 0 Å². The Labute approximate surface area is 173 Å². The molecule has 1 amide bonds. The average Bonchev–Trinajstić information content (AvgIpc) is 2.61. The summed E-state index contributed by atoms with van der Waals surface area (Å²) < 4.78 is 5.30. The lowest BCUT2D eigenvalue weighted by Crippen LogP contribution is -2.27. The molecule has 3 N–H and O–H groups in total. The van der Waals surface area contributed by atoms with Crippen LogP contribution in [0.4, 0.5) is 16.3 Å². The van der Waals surface area contributed by atoms with Gasteiger partial charge < -0.3 is 10.5 Å². The number of pyridine rings is 2. The van der Waals surface area contributed by atoms with E-state index in [0.717, 1.165) is 10.9 Å². The van der Waals surface area contributed by atoms with Crippen molar-refractivity contribution in [1.29, 1.82) is 5.26 Å². The first kappa shape index (κ1) is 20.4. The van der Waals surface area contributed by atoms with Crippen molar-refractivity contribution < 1.29 is 9.53 Å². The quantitative estimate of drug-likeness (QED) is 0.611. The number of amides is 1. The lowest BCUT2D eigenvalue weighted by atomic mass is 9.94. The van der Waals surface area contributed by atoms with Gasteiger partial charge in [0, 0.05) is 28.9 Å². The van der Waals surface area contributed by atoms with Crippen molar-refractivity contribution in [2.75, 3.05) is 11.1 Å². The number of hydrogen-bond acceptors (Lipinski definition) is 6. The number of halogens is 1. The maximum absolute atomic E-state index is 12.2. The Balaban J connectivity index is 2.13. The monoisotopic (exact) mass is 409 g/mol. The van der Waals surface area contributed by atoms with Crippen LogP contribution in [-0.2, 0) is 4.74 Å². The highest BCUT2D eigenvalue weighted by molar-refractivity contribution is 6.37. The van der Waals surface area contributed by atoms with Crippen LogP contribution in [0.25, 0.3) is 21.9 Å². The van der Waals surface area contributed by atoms with Crippen LogP contribution in [0.5, 0.6) is 0 Å². The summed E-state index contributed by atoms with van der Waals surface area (Å²) in [7, 11) is 0. The van der Waals surface area contributed by atoms with Crippen LogP contribution in [0.2, 0.25) is 5.02 Å². The average molecular weight is 410 g/mol. The summed E-state index contributed by atoms with van der Waals surface area (Å²) in [4.78, 5) is 20.4. The zero-order chi connectivity index (χ0) is 21.3. The van der Waals surface area contributed by atoms with Crippen molar-refractivity contribution in [3.63, 3.8) is 0 Å². The summed E-state index contributed by atoms with van der Waals surface area (Å²) in [5.41, 5.74) is 7.92. The number of nitriles is 1. The summed E-state index contributed by atoms with van der Waals surface area (Å²) in [6.45, 7) is 7.17. The molecule has 1 aromatic carbocycles. The van der Waals surface area contributed by atoms with E-state index in [1.54, 1.807) is 39.2 Å². The van der Waals surface area contributed by atoms with Crippen LogP contribution >= 0.6 is 11.6 Å². The molecule has 0 unspecified atom stereocenters. The number of fused-ring (bicyclic) bond motifs is 1. The molecule has 0 fully saturated rings. The number of nitrogens with one attached hydrogen (secondary N) is 1. The van der Waals surface area contributed by atoms with Gasteiger partial charge in [0.05, 0.1) is 22.5 Å². The molecule has 148 valence electrons.